The highest BCUT2D eigenvalue weighted by Gasteiger charge is 2.27. The number of carbonyl (C=O) groups is 2. The molecule has 1 N–H and O–H groups in total. The highest BCUT2D eigenvalue weighted by Crippen LogP contribution is 2.33. The fourth-order valence-corrected chi connectivity index (χ4v) is 3.51. The first kappa shape index (κ1) is 19.5. The molecule has 0 bridgehead atoms. The second-order valence-corrected chi connectivity index (χ2v) is 7.42. The summed E-state index contributed by atoms with van der Waals surface area (Å²) in [5.41, 5.74) is 1.36. The number of amides is 3. The molecule has 0 aromatic heterocycles. The Morgan fingerprint density at radius 2 is 2.11 bits per heavy atom. The number of methoxy groups -OCH3 is 1. The Hall–Kier alpha value is -2.28. The molecule has 1 aromatic rings. The minimum Gasteiger partial charge on any atom is -0.495 e. The number of nitrogens with zero attached hydrogens (tertiary/aromatic N) is 2. The van der Waals surface area contributed by atoms with Crippen LogP contribution >= 0.6 is 0 Å². The summed E-state index contributed by atoms with van der Waals surface area (Å²) in [6.45, 7) is 6.56. The van der Waals surface area contributed by atoms with Gasteiger partial charge in [-0.3, -0.25) is 4.79 Å². The first-order chi connectivity index (χ1) is 13.0. The van der Waals surface area contributed by atoms with Gasteiger partial charge in [-0.2, -0.15) is 0 Å². The van der Waals surface area contributed by atoms with Gasteiger partial charge in [-0.05, 0) is 37.0 Å². The highest BCUT2D eigenvalue weighted by atomic mass is 16.5. The molecule has 1 atom stereocenters. The number of urea groups is 1. The van der Waals surface area contributed by atoms with Crippen molar-refractivity contribution in [3.8, 4) is 5.75 Å². The maximum absolute atomic E-state index is 12.7. The van der Waals surface area contributed by atoms with Gasteiger partial charge in [-0.1, -0.05) is 13.8 Å². The van der Waals surface area contributed by atoms with Crippen LogP contribution in [0.15, 0.2) is 18.2 Å². The summed E-state index contributed by atoms with van der Waals surface area (Å²) < 4.78 is 11.2. The van der Waals surface area contributed by atoms with Crippen molar-refractivity contribution in [2.75, 3.05) is 43.6 Å². The molecule has 2 saturated heterocycles. The van der Waals surface area contributed by atoms with Crippen molar-refractivity contribution in [2.24, 2.45) is 5.92 Å². The van der Waals surface area contributed by atoms with Gasteiger partial charge in [0.2, 0.25) is 5.91 Å². The van der Waals surface area contributed by atoms with Crippen molar-refractivity contribution in [1.82, 2.24) is 4.90 Å². The molecule has 0 radical (unpaired) electrons. The van der Waals surface area contributed by atoms with Crippen LogP contribution in [0.4, 0.5) is 16.2 Å². The third-order valence-electron chi connectivity index (χ3n) is 5.17. The Labute approximate surface area is 160 Å². The molecule has 27 heavy (non-hydrogen) atoms. The third kappa shape index (κ3) is 4.53. The van der Waals surface area contributed by atoms with E-state index in [0.717, 1.165) is 12.8 Å². The number of hydrogen-bond acceptors (Lipinski definition) is 4. The molecule has 7 nitrogen and oxygen atoms in total. The third-order valence-corrected chi connectivity index (χ3v) is 5.17. The molecule has 0 saturated carbocycles. The van der Waals surface area contributed by atoms with E-state index in [2.05, 4.69) is 19.2 Å². The molecular weight excluding hydrogens is 346 g/mol. The minimum atomic E-state index is -0.148. The molecular formula is C20H29N3O4. The quantitative estimate of drug-likeness (QED) is 0.878. The molecule has 148 valence electrons. The number of anilines is 2. The second-order valence-electron chi connectivity index (χ2n) is 7.42. The monoisotopic (exact) mass is 375 g/mol. The average molecular weight is 375 g/mol. The van der Waals surface area contributed by atoms with E-state index in [1.807, 2.05) is 6.07 Å². The van der Waals surface area contributed by atoms with E-state index in [9.17, 15) is 9.59 Å². The zero-order chi connectivity index (χ0) is 19.4. The summed E-state index contributed by atoms with van der Waals surface area (Å²) in [4.78, 5) is 28.5. The van der Waals surface area contributed by atoms with Crippen LogP contribution in [0, 0.1) is 5.92 Å². The Kier molecular flexibility index (Phi) is 6.21. The van der Waals surface area contributed by atoms with Crippen LogP contribution in [0.3, 0.4) is 0 Å². The smallest absolute Gasteiger partial charge is 0.322 e. The lowest BCUT2D eigenvalue weighted by atomic mass is 10.1. The number of piperidine rings is 1. The minimum absolute atomic E-state index is 0.0573. The first-order valence-corrected chi connectivity index (χ1v) is 9.65. The largest absolute Gasteiger partial charge is 0.495 e. The van der Waals surface area contributed by atoms with Crippen molar-refractivity contribution < 1.29 is 19.1 Å². The van der Waals surface area contributed by atoms with Crippen LogP contribution in [0.2, 0.25) is 0 Å². The fourth-order valence-electron chi connectivity index (χ4n) is 3.51. The standard InChI is InChI=1S/C20H29N3O4/c1-14(2)18-13-22(10-11-27-18)20(25)21-15-7-8-17(26-3)16(12-15)23-9-5-4-6-19(23)24/h7-8,12,14,18H,4-6,9-11,13H2,1-3H3,(H,21,25)/t18-/m1/s1. The topological polar surface area (TPSA) is 71.1 Å². The van der Waals surface area contributed by atoms with Crippen LogP contribution in [0.1, 0.15) is 33.1 Å². The molecule has 2 fully saturated rings. The van der Waals surface area contributed by atoms with Crippen molar-refractivity contribution in [3.05, 3.63) is 18.2 Å². The van der Waals surface area contributed by atoms with Crippen LogP contribution < -0.4 is 15.0 Å². The molecule has 7 heteroatoms. The number of benzene rings is 1. The van der Waals surface area contributed by atoms with Gasteiger partial charge in [0.1, 0.15) is 5.75 Å². The lowest BCUT2D eigenvalue weighted by Gasteiger charge is -2.35. The maximum atomic E-state index is 12.7. The van der Waals surface area contributed by atoms with E-state index < -0.39 is 0 Å². The van der Waals surface area contributed by atoms with Crippen molar-refractivity contribution in [3.63, 3.8) is 0 Å². The van der Waals surface area contributed by atoms with Gasteiger partial charge >= 0.3 is 6.03 Å². The van der Waals surface area contributed by atoms with Gasteiger partial charge in [-0.15, -0.1) is 0 Å². The predicted octanol–water partition coefficient (Wildman–Crippen LogP) is 3.10. The van der Waals surface area contributed by atoms with E-state index in [1.54, 1.807) is 29.0 Å². The summed E-state index contributed by atoms with van der Waals surface area (Å²) in [5.74, 6) is 1.09. The Bertz CT molecular complexity index is 692. The van der Waals surface area contributed by atoms with Gasteiger partial charge in [0.05, 0.1) is 25.5 Å². The summed E-state index contributed by atoms with van der Waals surface area (Å²) in [7, 11) is 1.59. The van der Waals surface area contributed by atoms with E-state index in [0.29, 0.717) is 55.7 Å². The van der Waals surface area contributed by atoms with E-state index in [-0.39, 0.29) is 18.0 Å². The fraction of sp³-hybridized carbons (Fsp3) is 0.600. The number of nitrogens with one attached hydrogen (secondary N) is 1. The molecule has 2 aliphatic rings. The number of ether oxygens (including phenoxy) is 2. The van der Waals surface area contributed by atoms with E-state index in [1.165, 1.54) is 0 Å². The van der Waals surface area contributed by atoms with Gasteiger partial charge in [0.15, 0.2) is 0 Å². The molecule has 0 spiro atoms. The van der Waals surface area contributed by atoms with E-state index in [4.69, 9.17) is 9.47 Å². The SMILES string of the molecule is COc1ccc(NC(=O)N2CCO[C@@H](C(C)C)C2)cc1N1CCCCC1=O. The van der Waals surface area contributed by atoms with Crippen molar-refractivity contribution >= 4 is 23.3 Å². The number of carbonyl (C=O) groups excluding carboxylic acids is 2. The van der Waals surface area contributed by atoms with Crippen LogP contribution in [-0.4, -0.2) is 56.3 Å². The van der Waals surface area contributed by atoms with Crippen LogP contribution in [0.5, 0.6) is 5.75 Å². The summed E-state index contributed by atoms with van der Waals surface area (Å²) in [6, 6.07) is 5.27. The lowest BCUT2D eigenvalue weighted by Crippen LogP contribution is -2.48. The van der Waals surface area contributed by atoms with Crippen LogP contribution in [-0.2, 0) is 9.53 Å². The Balaban J connectivity index is 1.74. The molecule has 3 amide bonds. The summed E-state index contributed by atoms with van der Waals surface area (Å²) in [5, 5.41) is 2.95. The Morgan fingerprint density at radius 3 is 2.81 bits per heavy atom. The van der Waals surface area contributed by atoms with Gasteiger partial charge in [-0.25, -0.2) is 4.79 Å². The van der Waals surface area contributed by atoms with Crippen molar-refractivity contribution in [2.45, 2.75) is 39.2 Å². The first-order valence-electron chi connectivity index (χ1n) is 9.65. The molecule has 1 aromatic carbocycles. The molecule has 2 heterocycles. The average Bonchev–Trinajstić information content (AvgIpc) is 2.68. The summed E-state index contributed by atoms with van der Waals surface area (Å²) >= 11 is 0. The van der Waals surface area contributed by atoms with Gasteiger partial charge in [0.25, 0.3) is 0 Å². The Morgan fingerprint density at radius 1 is 1.30 bits per heavy atom. The summed E-state index contributed by atoms with van der Waals surface area (Å²) in [6.07, 6.45) is 2.49. The normalized spacial score (nSPS) is 20.7. The van der Waals surface area contributed by atoms with Crippen LogP contribution in [0.25, 0.3) is 0 Å². The van der Waals surface area contributed by atoms with Gasteiger partial charge < -0.3 is 24.6 Å². The molecule has 2 aliphatic heterocycles. The number of morpholine rings is 1. The van der Waals surface area contributed by atoms with Gasteiger partial charge in [0, 0.05) is 31.7 Å². The number of hydrogen-bond donors (Lipinski definition) is 1. The molecule has 0 unspecified atom stereocenters. The second kappa shape index (κ2) is 8.61. The lowest BCUT2D eigenvalue weighted by molar-refractivity contribution is -0.119. The molecule has 0 aliphatic carbocycles. The maximum Gasteiger partial charge on any atom is 0.322 e. The highest BCUT2D eigenvalue weighted by molar-refractivity contribution is 5.97. The number of rotatable bonds is 4. The van der Waals surface area contributed by atoms with E-state index >= 15 is 0 Å². The van der Waals surface area contributed by atoms with Crippen molar-refractivity contribution in [1.29, 1.82) is 0 Å². The zero-order valence-electron chi connectivity index (χ0n) is 16.4. The molecule has 3 rings (SSSR count). The zero-order valence-corrected chi connectivity index (χ0v) is 16.4. The predicted molar refractivity (Wildman–Crippen MR) is 104 cm³/mol.